The first kappa shape index (κ1) is 26.3. The number of ether oxygens (including phenoxy) is 1. The minimum Gasteiger partial charge on any atom is -0.484 e. The number of aliphatic imine (C=N–C) groups is 1. The zero-order chi connectivity index (χ0) is 23.0. The molecular weight excluding hydrogens is 539 g/mol. The van der Waals surface area contributed by atoms with Gasteiger partial charge in [-0.05, 0) is 60.8 Å². The maximum absolute atomic E-state index is 11.7. The molecule has 1 saturated carbocycles. The van der Waals surface area contributed by atoms with Crippen molar-refractivity contribution >= 4 is 35.8 Å². The lowest BCUT2D eigenvalue weighted by atomic mass is 9.82. The van der Waals surface area contributed by atoms with Crippen LogP contribution in [0.1, 0.15) is 43.2 Å². The third-order valence-corrected chi connectivity index (χ3v) is 6.58. The summed E-state index contributed by atoms with van der Waals surface area (Å²) < 4.78 is 5.59. The third kappa shape index (κ3) is 7.61. The summed E-state index contributed by atoms with van der Waals surface area (Å²) in [5.41, 5.74) is 2.67. The highest BCUT2D eigenvalue weighted by Gasteiger charge is 2.28. The van der Waals surface area contributed by atoms with Crippen molar-refractivity contribution in [2.24, 2.45) is 10.9 Å². The lowest BCUT2D eigenvalue weighted by molar-refractivity contribution is -0.123. The second-order valence-corrected chi connectivity index (χ2v) is 9.23. The van der Waals surface area contributed by atoms with Crippen molar-refractivity contribution in [2.75, 3.05) is 33.3 Å². The van der Waals surface area contributed by atoms with E-state index in [4.69, 9.17) is 4.74 Å². The number of benzene rings is 2. The van der Waals surface area contributed by atoms with Crippen molar-refractivity contribution in [3.63, 3.8) is 0 Å². The molecule has 1 heterocycles. The number of nitrogens with one attached hydrogen (secondary N) is 2. The van der Waals surface area contributed by atoms with Gasteiger partial charge in [-0.2, -0.15) is 0 Å². The highest BCUT2D eigenvalue weighted by Crippen LogP contribution is 2.32. The largest absolute Gasteiger partial charge is 0.484 e. The van der Waals surface area contributed by atoms with Gasteiger partial charge >= 0.3 is 0 Å². The van der Waals surface area contributed by atoms with Crippen LogP contribution >= 0.6 is 24.0 Å². The first-order valence-electron chi connectivity index (χ1n) is 12.1. The summed E-state index contributed by atoms with van der Waals surface area (Å²) in [7, 11) is 1.86. The first-order chi connectivity index (χ1) is 16.1. The number of nitrogens with zero attached hydrogens (tertiary/aromatic N) is 2. The van der Waals surface area contributed by atoms with Crippen molar-refractivity contribution in [1.29, 1.82) is 0 Å². The molecule has 2 atom stereocenters. The van der Waals surface area contributed by atoms with E-state index in [-0.39, 0.29) is 36.5 Å². The van der Waals surface area contributed by atoms with Crippen LogP contribution in [0.25, 0.3) is 0 Å². The maximum Gasteiger partial charge on any atom is 0.258 e. The van der Waals surface area contributed by atoms with E-state index < -0.39 is 0 Å². The number of hydrogen-bond acceptors (Lipinski definition) is 3. The predicted octanol–water partition coefficient (Wildman–Crippen LogP) is 4.21. The lowest BCUT2D eigenvalue weighted by Gasteiger charge is -2.39. The molecule has 0 spiro atoms. The van der Waals surface area contributed by atoms with Gasteiger partial charge in [0.2, 0.25) is 0 Å². The van der Waals surface area contributed by atoms with Crippen molar-refractivity contribution in [3.05, 3.63) is 65.7 Å². The highest BCUT2D eigenvalue weighted by atomic mass is 127. The van der Waals surface area contributed by atoms with E-state index in [0.29, 0.717) is 17.9 Å². The Morgan fingerprint density at radius 1 is 1.09 bits per heavy atom. The predicted molar refractivity (Wildman–Crippen MR) is 148 cm³/mol. The van der Waals surface area contributed by atoms with E-state index in [2.05, 4.69) is 69.9 Å². The summed E-state index contributed by atoms with van der Waals surface area (Å²) in [5.74, 6) is 2.86. The Morgan fingerprint density at radius 3 is 2.47 bits per heavy atom. The molecule has 1 saturated heterocycles. The summed E-state index contributed by atoms with van der Waals surface area (Å²) in [6, 6.07) is 19.2. The Kier molecular flexibility index (Phi) is 10.0. The van der Waals surface area contributed by atoms with Crippen LogP contribution in [0, 0.1) is 5.92 Å². The quantitative estimate of drug-likeness (QED) is 0.281. The zero-order valence-corrected chi connectivity index (χ0v) is 22.5. The van der Waals surface area contributed by atoms with Crippen molar-refractivity contribution in [1.82, 2.24) is 15.5 Å². The maximum atomic E-state index is 11.7. The molecule has 6 nitrogen and oxygen atoms in total. The Balaban J connectivity index is 0.00000324. The SMILES string of the molecule is CN=C(NCCc1ccc(OCC(=O)NC2CC2)cc1)N1CCC(c2ccccc2)C(C)C1.I. The molecule has 7 heteroatoms. The Hall–Kier alpha value is -2.29. The standard InChI is InChI=1S/C27H36N4O2.HI/c1-20-18-31(17-15-25(20)22-6-4-3-5-7-22)27(28-2)29-16-14-21-8-12-24(13-9-21)33-19-26(32)30-23-10-11-23;/h3-9,12-13,20,23,25H,10-11,14-19H2,1-2H3,(H,28,29)(H,30,32);1H. The Labute approximate surface area is 220 Å². The molecule has 1 amide bonds. The second kappa shape index (κ2) is 13.0. The van der Waals surface area contributed by atoms with Gasteiger partial charge in [-0.15, -0.1) is 24.0 Å². The van der Waals surface area contributed by atoms with Gasteiger partial charge < -0.3 is 20.3 Å². The van der Waals surface area contributed by atoms with E-state index in [9.17, 15) is 4.79 Å². The molecule has 2 fully saturated rings. The van der Waals surface area contributed by atoms with Gasteiger partial charge in [0, 0.05) is 32.7 Å². The van der Waals surface area contributed by atoms with Gasteiger partial charge in [-0.3, -0.25) is 9.79 Å². The summed E-state index contributed by atoms with van der Waals surface area (Å²) in [6.45, 7) is 5.27. The number of guanidine groups is 1. The van der Waals surface area contributed by atoms with Gasteiger partial charge in [0.05, 0.1) is 0 Å². The van der Waals surface area contributed by atoms with Crippen LogP contribution in [0.4, 0.5) is 0 Å². The number of carbonyl (C=O) groups is 1. The monoisotopic (exact) mass is 576 g/mol. The average molecular weight is 577 g/mol. The molecule has 0 aromatic heterocycles. The Bertz CT molecular complexity index is 931. The smallest absolute Gasteiger partial charge is 0.258 e. The molecule has 2 N–H and O–H groups in total. The van der Waals surface area contributed by atoms with Crippen molar-refractivity contribution < 1.29 is 9.53 Å². The number of amides is 1. The summed E-state index contributed by atoms with van der Waals surface area (Å²) in [4.78, 5) is 18.7. The van der Waals surface area contributed by atoms with Crippen LogP contribution in [0.5, 0.6) is 5.75 Å². The number of carbonyl (C=O) groups excluding carboxylic acids is 1. The molecule has 2 aliphatic rings. The van der Waals surface area contributed by atoms with Gasteiger partial charge in [0.25, 0.3) is 5.91 Å². The molecule has 1 aliphatic heterocycles. The van der Waals surface area contributed by atoms with Gasteiger partial charge in [-0.1, -0.05) is 49.4 Å². The van der Waals surface area contributed by atoms with Crippen LogP contribution in [0.15, 0.2) is 59.6 Å². The molecule has 2 aromatic rings. The van der Waals surface area contributed by atoms with Crippen LogP contribution in [-0.2, 0) is 11.2 Å². The third-order valence-electron chi connectivity index (χ3n) is 6.58. The van der Waals surface area contributed by atoms with Gasteiger partial charge in [0.1, 0.15) is 5.75 Å². The second-order valence-electron chi connectivity index (χ2n) is 9.23. The van der Waals surface area contributed by atoms with E-state index in [0.717, 1.165) is 57.0 Å². The van der Waals surface area contributed by atoms with Crippen LogP contribution in [-0.4, -0.2) is 56.1 Å². The number of piperidine rings is 1. The van der Waals surface area contributed by atoms with E-state index >= 15 is 0 Å². The van der Waals surface area contributed by atoms with Gasteiger partial charge in [0.15, 0.2) is 12.6 Å². The molecule has 0 bridgehead atoms. The van der Waals surface area contributed by atoms with Gasteiger partial charge in [-0.25, -0.2) is 0 Å². The van der Waals surface area contributed by atoms with E-state index in [1.807, 2.05) is 19.2 Å². The Morgan fingerprint density at radius 2 is 1.82 bits per heavy atom. The molecule has 2 aromatic carbocycles. The number of rotatable bonds is 8. The number of halogens is 1. The lowest BCUT2D eigenvalue weighted by Crippen LogP contribution is -2.48. The van der Waals surface area contributed by atoms with E-state index in [1.165, 1.54) is 11.1 Å². The molecule has 2 unspecified atom stereocenters. The van der Waals surface area contributed by atoms with Crippen molar-refractivity contribution in [3.8, 4) is 5.75 Å². The molecule has 1 aliphatic carbocycles. The summed E-state index contributed by atoms with van der Waals surface area (Å²) >= 11 is 0. The van der Waals surface area contributed by atoms with Crippen LogP contribution in [0.3, 0.4) is 0 Å². The fourth-order valence-corrected chi connectivity index (χ4v) is 4.58. The molecule has 0 radical (unpaired) electrons. The molecule has 34 heavy (non-hydrogen) atoms. The molecule has 4 rings (SSSR count). The molecule has 184 valence electrons. The fourth-order valence-electron chi connectivity index (χ4n) is 4.58. The fraction of sp³-hybridized carbons (Fsp3) is 0.481. The van der Waals surface area contributed by atoms with Crippen molar-refractivity contribution in [2.45, 2.75) is 44.6 Å². The van der Waals surface area contributed by atoms with Crippen LogP contribution < -0.4 is 15.4 Å². The normalized spacial score (nSPS) is 20.3. The van der Waals surface area contributed by atoms with Crippen LogP contribution in [0.2, 0.25) is 0 Å². The minimum atomic E-state index is -0.0423. The highest BCUT2D eigenvalue weighted by molar-refractivity contribution is 14.0. The van der Waals surface area contributed by atoms with E-state index in [1.54, 1.807) is 0 Å². The summed E-state index contributed by atoms with van der Waals surface area (Å²) in [5, 5.41) is 6.47. The number of likely N-dealkylation sites (tertiary alicyclic amines) is 1. The number of hydrogen-bond donors (Lipinski definition) is 2. The molecular formula is C27H37IN4O2. The minimum absolute atomic E-state index is 0. The topological polar surface area (TPSA) is 66.0 Å². The first-order valence-corrected chi connectivity index (χ1v) is 12.1. The zero-order valence-electron chi connectivity index (χ0n) is 20.2. The average Bonchev–Trinajstić information content (AvgIpc) is 3.66. The summed E-state index contributed by atoms with van der Waals surface area (Å²) in [6.07, 6.45) is 4.22.